The van der Waals surface area contributed by atoms with E-state index in [1.54, 1.807) is 36.4 Å². The molecule has 1 aliphatic heterocycles. The van der Waals surface area contributed by atoms with Gasteiger partial charge in [0.1, 0.15) is 5.69 Å². The van der Waals surface area contributed by atoms with Gasteiger partial charge in [0.05, 0.1) is 4.92 Å². The summed E-state index contributed by atoms with van der Waals surface area (Å²) in [6.45, 7) is 4.42. The van der Waals surface area contributed by atoms with Gasteiger partial charge in [-0.15, -0.1) is 0 Å². The molecule has 4 rings (SSSR count). The highest BCUT2D eigenvalue weighted by molar-refractivity contribution is 6.30. The predicted octanol–water partition coefficient (Wildman–Crippen LogP) is 5.78. The first kappa shape index (κ1) is 24.3. The smallest absolute Gasteiger partial charge is 0.292 e. The van der Waals surface area contributed by atoms with Crippen LogP contribution in [0.15, 0.2) is 78.9 Å². The second-order valence-electron chi connectivity index (χ2n) is 8.43. The first-order chi connectivity index (χ1) is 16.9. The fraction of sp³-hybridized carbons (Fsp3) is 0.222. The van der Waals surface area contributed by atoms with Crippen LogP contribution in [0.1, 0.15) is 24.1 Å². The van der Waals surface area contributed by atoms with Crippen LogP contribution in [0.5, 0.6) is 0 Å². The van der Waals surface area contributed by atoms with Crippen LogP contribution in [-0.4, -0.2) is 41.9 Å². The molecule has 8 heteroatoms. The largest absolute Gasteiger partial charge is 0.373 e. The van der Waals surface area contributed by atoms with Gasteiger partial charge in [0, 0.05) is 55.1 Å². The third-order valence-electron chi connectivity index (χ3n) is 6.09. The van der Waals surface area contributed by atoms with Crippen LogP contribution in [-0.2, 0) is 4.79 Å². The second-order valence-corrected chi connectivity index (χ2v) is 8.87. The first-order valence-electron chi connectivity index (χ1n) is 11.5. The third-order valence-corrected chi connectivity index (χ3v) is 6.35. The molecule has 1 heterocycles. The predicted molar refractivity (Wildman–Crippen MR) is 141 cm³/mol. The number of carbonyl (C=O) groups excluding carboxylic acids is 1. The molecule has 1 atom stereocenters. The Morgan fingerprint density at radius 1 is 1.03 bits per heavy atom. The van der Waals surface area contributed by atoms with Crippen LogP contribution in [0.2, 0.25) is 5.02 Å². The summed E-state index contributed by atoms with van der Waals surface area (Å²) in [5.74, 6) is -0.0395. The zero-order valence-corrected chi connectivity index (χ0v) is 20.2. The van der Waals surface area contributed by atoms with Crippen molar-refractivity contribution in [2.24, 2.45) is 0 Å². The zero-order valence-electron chi connectivity index (χ0n) is 19.4. The van der Waals surface area contributed by atoms with Crippen molar-refractivity contribution in [2.75, 3.05) is 36.4 Å². The van der Waals surface area contributed by atoms with Gasteiger partial charge in [-0.25, -0.2) is 0 Å². The van der Waals surface area contributed by atoms with Crippen molar-refractivity contribution < 1.29 is 9.72 Å². The summed E-state index contributed by atoms with van der Waals surface area (Å²) in [4.78, 5) is 27.8. The van der Waals surface area contributed by atoms with Gasteiger partial charge in [-0.2, -0.15) is 0 Å². The Kier molecular flexibility index (Phi) is 7.67. The van der Waals surface area contributed by atoms with Crippen LogP contribution >= 0.6 is 11.6 Å². The van der Waals surface area contributed by atoms with Crippen molar-refractivity contribution in [3.63, 3.8) is 0 Å². The lowest BCUT2D eigenvalue weighted by Crippen LogP contribution is -2.48. The summed E-state index contributed by atoms with van der Waals surface area (Å²) >= 11 is 5.91. The lowest BCUT2D eigenvalue weighted by atomic mass is 10.1. The lowest BCUT2D eigenvalue weighted by Gasteiger charge is -2.36. The minimum absolute atomic E-state index is 0.0395. The Bertz CT molecular complexity index is 1210. The maximum atomic E-state index is 12.6. The summed E-state index contributed by atoms with van der Waals surface area (Å²) in [5.41, 5.74) is 3.37. The van der Waals surface area contributed by atoms with E-state index in [1.165, 1.54) is 0 Å². The van der Waals surface area contributed by atoms with Gasteiger partial charge in [0.2, 0.25) is 5.91 Å². The van der Waals surface area contributed by atoms with Crippen LogP contribution in [0.25, 0.3) is 6.08 Å². The molecule has 1 amide bonds. The summed E-state index contributed by atoms with van der Waals surface area (Å²) < 4.78 is 0. The standard InChI is InChI=1S/C27H27ClN4O3/c1-20(22-5-3-2-4-6-22)29-25-19-24(12-13-26(25)32(34)35)30-15-17-31(18-16-30)27(33)14-9-21-7-10-23(28)11-8-21/h2-14,19-20,29H,15-18H2,1H3/b14-9+. The number of rotatable bonds is 7. The maximum Gasteiger partial charge on any atom is 0.292 e. The number of halogens is 1. The minimum Gasteiger partial charge on any atom is -0.373 e. The fourth-order valence-corrected chi connectivity index (χ4v) is 4.21. The molecule has 1 N–H and O–H groups in total. The average Bonchev–Trinajstić information content (AvgIpc) is 2.88. The van der Waals surface area contributed by atoms with Gasteiger partial charge in [-0.05, 0) is 48.4 Å². The Hall–Kier alpha value is -3.84. The van der Waals surface area contributed by atoms with E-state index in [0.717, 1.165) is 16.8 Å². The molecule has 1 saturated heterocycles. The van der Waals surface area contributed by atoms with Gasteiger partial charge in [0.15, 0.2) is 0 Å². The van der Waals surface area contributed by atoms with Crippen LogP contribution < -0.4 is 10.2 Å². The number of nitrogens with zero attached hydrogens (tertiary/aromatic N) is 3. The van der Waals surface area contributed by atoms with Gasteiger partial charge >= 0.3 is 0 Å². The highest BCUT2D eigenvalue weighted by Crippen LogP contribution is 2.32. The molecule has 0 saturated carbocycles. The normalized spacial score (nSPS) is 14.7. The molecule has 7 nitrogen and oxygen atoms in total. The van der Waals surface area contributed by atoms with Crippen LogP contribution in [0.3, 0.4) is 0 Å². The van der Waals surface area contributed by atoms with E-state index in [1.807, 2.05) is 60.4 Å². The van der Waals surface area contributed by atoms with Crippen LogP contribution in [0.4, 0.5) is 17.1 Å². The fourth-order valence-electron chi connectivity index (χ4n) is 4.09. The number of nitrogens with one attached hydrogen (secondary N) is 1. The monoisotopic (exact) mass is 490 g/mol. The van der Waals surface area contributed by atoms with Crippen molar-refractivity contribution in [1.29, 1.82) is 0 Å². The summed E-state index contributed by atoms with van der Waals surface area (Å²) in [6.07, 6.45) is 3.37. The summed E-state index contributed by atoms with van der Waals surface area (Å²) in [6, 6.07) is 22.2. The number of nitro benzene ring substituents is 1. The molecule has 180 valence electrons. The van der Waals surface area contributed by atoms with Gasteiger partial charge in [-0.1, -0.05) is 54.1 Å². The number of nitro groups is 1. The van der Waals surface area contributed by atoms with Crippen molar-refractivity contribution in [2.45, 2.75) is 13.0 Å². The Labute approximate surface area is 209 Å². The van der Waals surface area contributed by atoms with E-state index in [0.29, 0.717) is 36.9 Å². The molecule has 3 aromatic rings. The molecule has 0 aliphatic carbocycles. The summed E-state index contributed by atoms with van der Waals surface area (Å²) in [7, 11) is 0. The molecule has 1 unspecified atom stereocenters. The molecule has 0 aromatic heterocycles. The molecule has 1 fully saturated rings. The average molecular weight is 491 g/mol. The van der Waals surface area contributed by atoms with E-state index >= 15 is 0 Å². The lowest BCUT2D eigenvalue weighted by molar-refractivity contribution is -0.384. The molecule has 0 radical (unpaired) electrons. The molecular formula is C27H27ClN4O3. The molecule has 1 aliphatic rings. The Morgan fingerprint density at radius 3 is 2.37 bits per heavy atom. The minimum atomic E-state index is -0.368. The van der Waals surface area contributed by atoms with Crippen molar-refractivity contribution in [3.05, 3.63) is 105 Å². The number of anilines is 2. The maximum absolute atomic E-state index is 12.6. The number of hydrogen-bond acceptors (Lipinski definition) is 5. The van der Waals surface area contributed by atoms with E-state index in [4.69, 9.17) is 11.6 Å². The summed E-state index contributed by atoms with van der Waals surface area (Å²) in [5, 5.41) is 15.6. The SMILES string of the molecule is CC(Nc1cc(N2CCN(C(=O)/C=C/c3ccc(Cl)cc3)CC2)ccc1[N+](=O)[O-])c1ccccc1. The van der Waals surface area contributed by atoms with Crippen molar-refractivity contribution in [1.82, 2.24) is 4.90 Å². The van der Waals surface area contributed by atoms with Gasteiger partial charge in [0.25, 0.3) is 5.69 Å². The number of carbonyl (C=O) groups is 1. The van der Waals surface area contributed by atoms with Crippen molar-refractivity contribution in [3.8, 4) is 0 Å². The first-order valence-corrected chi connectivity index (χ1v) is 11.9. The van der Waals surface area contributed by atoms with Crippen LogP contribution in [0, 0.1) is 10.1 Å². The number of piperazine rings is 1. The molecule has 3 aromatic carbocycles. The van der Waals surface area contributed by atoms with Gasteiger partial charge in [-0.3, -0.25) is 14.9 Å². The highest BCUT2D eigenvalue weighted by atomic mass is 35.5. The van der Waals surface area contributed by atoms with Crippen molar-refractivity contribution >= 4 is 40.6 Å². The van der Waals surface area contributed by atoms with Gasteiger partial charge < -0.3 is 15.1 Å². The third kappa shape index (κ3) is 6.19. The molecule has 35 heavy (non-hydrogen) atoms. The van der Waals surface area contributed by atoms with E-state index in [9.17, 15) is 14.9 Å². The van der Waals surface area contributed by atoms with E-state index in [-0.39, 0.29) is 22.6 Å². The van der Waals surface area contributed by atoms with E-state index in [2.05, 4.69) is 10.2 Å². The Balaban J connectivity index is 1.41. The topological polar surface area (TPSA) is 78.7 Å². The highest BCUT2D eigenvalue weighted by Gasteiger charge is 2.23. The zero-order chi connectivity index (χ0) is 24.8. The number of hydrogen-bond donors (Lipinski definition) is 1. The second kappa shape index (κ2) is 11.1. The quantitative estimate of drug-likeness (QED) is 0.258. The molecule has 0 spiro atoms. The Morgan fingerprint density at radius 2 is 1.71 bits per heavy atom. The number of amides is 1. The number of benzene rings is 3. The molecule has 0 bridgehead atoms. The van der Waals surface area contributed by atoms with E-state index < -0.39 is 0 Å². The molecular weight excluding hydrogens is 464 g/mol.